The van der Waals surface area contributed by atoms with Crippen LogP contribution in [0.3, 0.4) is 0 Å². The van der Waals surface area contributed by atoms with Crippen molar-refractivity contribution in [1.29, 1.82) is 0 Å². The molecule has 37 heavy (non-hydrogen) atoms. The molecule has 0 saturated heterocycles. The van der Waals surface area contributed by atoms with Crippen molar-refractivity contribution in [3.05, 3.63) is 29.8 Å². The quantitative estimate of drug-likeness (QED) is 0.127. The van der Waals surface area contributed by atoms with Gasteiger partial charge in [-0.1, -0.05) is 88.0 Å². The Bertz CT molecular complexity index is 875. The summed E-state index contributed by atoms with van der Waals surface area (Å²) in [6.45, 7) is 16.5. The molecule has 0 saturated carbocycles. The lowest BCUT2D eigenvalue weighted by atomic mass is 10.1. The maximum atomic E-state index is 12.4. The van der Waals surface area contributed by atoms with Crippen molar-refractivity contribution < 1.29 is 23.8 Å². The highest BCUT2D eigenvalue weighted by Crippen LogP contribution is 2.38. The van der Waals surface area contributed by atoms with Crippen LogP contribution in [0.25, 0.3) is 0 Å². The van der Waals surface area contributed by atoms with Gasteiger partial charge >= 0.3 is 0 Å². The molecule has 1 unspecified atom stereocenters. The maximum absolute atomic E-state index is 12.4. The van der Waals surface area contributed by atoms with Crippen LogP contribution in [-0.4, -0.2) is 61.5 Å². The molecule has 0 aliphatic carbocycles. The van der Waals surface area contributed by atoms with Gasteiger partial charge in [0.25, 0.3) is 5.91 Å². The minimum absolute atomic E-state index is 0.0379. The average Bonchev–Trinajstić information content (AvgIpc) is 2.82. The standard InChI is InChI=1S/C28H44N2O5S2/c1-21(2)10-9-14-29-25(31)19-33-16-17-34-26(36-37-28(5,6)7)20-35-24-12-8-11-23(18-24)27(32)30-15-13-22(3)4/h8,11-12,18,21-22,26H,13-17,19-20H2,1-7H3,(H,29,31)(H,30,32). The molecule has 208 valence electrons. The minimum Gasteiger partial charge on any atom is -0.490 e. The Balaban J connectivity index is 2.50. The molecule has 0 spiro atoms. The van der Waals surface area contributed by atoms with E-state index in [9.17, 15) is 9.59 Å². The Labute approximate surface area is 231 Å². The number of benzene rings is 1. The molecule has 0 fully saturated rings. The highest BCUT2D eigenvalue weighted by atomic mass is 33.1. The molecule has 7 nitrogen and oxygen atoms in total. The topological polar surface area (TPSA) is 85.9 Å². The molecule has 0 bridgehead atoms. The summed E-state index contributed by atoms with van der Waals surface area (Å²) in [5, 5.41) is 5.66. The Morgan fingerprint density at radius 2 is 1.84 bits per heavy atom. The fourth-order valence-corrected chi connectivity index (χ4v) is 4.81. The van der Waals surface area contributed by atoms with E-state index < -0.39 is 0 Å². The fourth-order valence-electron chi connectivity index (χ4n) is 2.62. The molecule has 1 aromatic rings. The second-order valence-electron chi connectivity index (χ2n) is 10.2. The molecule has 1 rings (SSSR count). The van der Waals surface area contributed by atoms with Gasteiger partial charge in [-0.05, 0) is 30.5 Å². The van der Waals surface area contributed by atoms with E-state index in [1.165, 1.54) is 0 Å². The Hall–Kier alpha value is -1.86. The van der Waals surface area contributed by atoms with E-state index in [-0.39, 0.29) is 41.1 Å². The summed E-state index contributed by atoms with van der Waals surface area (Å²) in [6.07, 6.45) is 0.936. The van der Waals surface area contributed by atoms with Crippen molar-refractivity contribution in [2.24, 2.45) is 11.8 Å². The van der Waals surface area contributed by atoms with E-state index in [4.69, 9.17) is 14.2 Å². The largest absolute Gasteiger partial charge is 0.490 e. The number of hydrogen-bond acceptors (Lipinski definition) is 7. The first-order valence-electron chi connectivity index (χ1n) is 12.8. The monoisotopic (exact) mass is 552 g/mol. The van der Waals surface area contributed by atoms with Gasteiger partial charge in [0, 0.05) is 22.8 Å². The van der Waals surface area contributed by atoms with Crippen molar-refractivity contribution >= 4 is 33.4 Å². The number of rotatable bonds is 16. The Kier molecular flexibility index (Phi) is 16.5. The van der Waals surface area contributed by atoms with Gasteiger partial charge < -0.3 is 24.8 Å². The molecular formula is C28H44N2O5S2. The van der Waals surface area contributed by atoms with Crippen LogP contribution in [0.5, 0.6) is 5.75 Å². The lowest BCUT2D eigenvalue weighted by Gasteiger charge is -2.22. The Morgan fingerprint density at radius 1 is 1.08 bits per heavy atom. The third-order valence-electron chi connectivity index (χ3n) is 4.42. The second-order valence-corrected chi connectivity index (χ2v) is 13.4. The molecular weight excluding hydrogens is 508 g/mol. The van der Waals surface area contributed by atoms with Crippen molar-refractivity contribution in [3.63, 3.8) is 0 Å². The normalized spacial score (nSPS) is 12.1. The van der Waals surface area contributed by atoms with E-state index in [2.05, 4.69) is 57.1 Å². The van der Waals surface area contributed by atoms with Gasteiger partial charge in [0.15, 0.2) is 0 Å². The van der Waals surface area contributed by atoms with Crippen LogP contribution in [0.1, 0.15) is 65.2 Å². The van der Waals surface area contributed by atoms with Crippen molar-refractivity contribution in [3.8, 4) is 17.6 Å². The second kappa shape index (κ2) is 18.4. The molecule has 2 N–H and O–H groups in total. The number of nitrogens with one attached hydrogen (secondary N) is 2. The van der Waals surface area contributed by atoms with Crippen molar-refractivity contribution in [2.75, 3.05) is 39.5 Å². The summed E-state index contributed by atoms with van der Waals surface area (Å²) in [5.74, 6) is 7.01. The molecule has 1 aromatic carbocycles. The van der Waals surface area contributed by atoms with Gasteiger partial charge in [-0.3, -0.25) is 9.59 Å². The highest BCUT2D eigenvalue weighted by molar-refractivity contribution is 8.77. The van der Waals surface area contributed by atoms with Gasteiger partial charge in [-0.25, -0.2) is 0 Å². The average molecular weight is 553 g/mol. The number of carbonyl (C=O) groups excluding carboxylic acids is 2. The summed E-state index contributed by atoms with van der Waals surface area (Å²) >= 11 is 0. The molecule has 0 radical (unpaired) electrons. The van der Waals surface area contributed by atoms with E-state index in [0.717, 1.165) is 6.42 Å². The van der Waals surface area contributed by atoms with E-state index >= 15 is 0 Å². The zero-order valence-corrected chi connectivity index (χ0v) is 25.0. The SMILES string of the molecule is CC(C)C#CCNC(=O)COCCOC(COc1cccc(C(=O)NCCC(C)C)c1)SSC(C)(C)C. The minimum atomic E-state index is -0.253. The number of carbonyl (C=O) groups is 2. The van der Waals surface area contributed by atoms with Gasteiger partial charge in [-0.2, -0.15) is 0 Å². The molecule has 0 heterocycles. The van der Waals surface area contributed by atoms with E-state index in [1.807, 2.05) is 26.0 Å². The predicted molar refractivity (Wildman–Crippen MR) is 155 cm³/mol. The summed E-state index contributed by atoms with van der Waals surface area (Å²) < 4.78 is 17.4. The van der Waals surface area contributed by atoms with Crippen LogP contribution in [0, 0.1) is 23.7 Å². The first-order chi connectivity index (χ1) is 17.5. The number of amides is 2. The van der Waals surface area contributed by atoms with Gasteiger partial charge in [0.1, 0.15) is 24.4 Å². The smallest absolute Gasteiger partial charge is 0.251 e. The summed E-state index contributed by atoms with van der Waals surface area (Å²) in [7, 11) is 3.30. The number of ether oxygens (including phenoxy) is 3. The third-order valence-corrected chi connectivity index (χ3v) is 7.94. The van der Waals surface area contributed by atoms with E-state index in [1.54, 1.807) is 33.7 Å². The van der Waals surface area contributed by atoms with Crippen LogP contribution in [-0.2, 0) is 14.3 Å². The van der Waals surface area contributed by atoms with Crippen LogP contribution >= 0.6 is 21.6 Å². The van der Waals surface area contributed by atoms with Gasteiger partial charge in [0.2, 0.25) is 5.91 Å². The van der Waals surface area contributed by atoms with E-state index in [0.29, 0.717) is 43.5 Å². The number of hydrogen-bond donors (Lipinski definition) is 2. The lowest BCUT2D eigenvalue weighted by molar-refractivity contribution is -0.126. The summed E-state index contributed by atoms with van der Waals surface area (Å²) in [5.41, 5.74) is 0.314. The molecule has 1 atom stereocenters. The molecule has 0 aromatic heterocycles. The highest BCUT2D eigenvalue weighted by Gasteiger charge is 2.18. The molecule has 0 aliphatic heterocycles. The summed E-state index contributed by atoms with van der Waals surface area (Å²) in [4.78, 5) is 24.3. The van der Waals surface area contributed by atoms with Crippen molar-refractivity contribution in [2.45, 2.75) is 65.1 Å². The van der Waals surface area contributed by atoms with Crippen LogP contribution in [0.15, 0.2) is 24.3 Å². The zero-order valence-electron chi connectivity index (χ0n) is 23.3. The first-order valence-corrected chi connectivity index (χ1v) is 15.0. The maximum Gasteiger partial charge on any atom is 0.251 e. The Morgan fingerprint density at radius 3 is 2.51 bits per heavy atom. The summed E-state index contributed by atoms with van der Waals surface area (Å²) in [6, 6.07) is 7.17. The zero-order chi connectivity index (χ0) is 27.7. The van der Waals surface area contributed by atoms with Gasteiger partial charge in [0.05, 0.1) is 19.8 Å². The van der Waals surface area contributed by atoms with Crippen molar-refractivity contribution in [1.82, 2.24) is 10.6 Å². The molecule has 9 heteroatoms. The first kappa shape index (κ1) is 33.2. The molecule has 2 amide bonds. The predicted octanol–water partition coefficient (Wildman–Crippen LogP) is 5.16. The third kappa shape index (κ3) is 18.1. The molecule has 0 aliphatic rings. The lowest BCUT2D eigenvalue weighted by Crippen LogP contribution is -2.29. The van der Waals surface area contributed by atoms with Gasteiger partial charge in [-0.15, -0.1) is 0 Å². The van der Waals surface area contributed by atoms with Crippen LogP contribution < -0.4 is 15.4 Å². The fraction of sp³-hybridized carbons (Fsp3) is 0.643. The van der Waals surface area contributed by atoms with Crippen LogP contribution in [0.2, 0.25) is 0 Å². The van der Waals surface area contributed by atoms with Crippen LogP contribution in [0.4, 0.5) is 0 Å².